The summed E-state index contributed by atoms with van der Waals surface area (Å²) in [7, 11) is 0. The number of hydrogen-bond acceptors (Lipinski definition) is 18. The van der Waals surface area contributed by atoms with E-state index in [9.17, 15) is 61.3 Å². The summed E-state index contributed by atoms with van der Waals surface area (Å²) >= 11 is 0. The van der Waals surface area contributed by atoms with Gasteiger partial charge in [0.1, 0.15) is 73.2 Å². The quantitative estimate of drug-likeness (QED) is 0.0853. The Hall–Kier alpha value is -0.980. The van der Waals surface area contributed by atoms with Crippen LogP contribution < -0.4 is 0 Å². The van der Waals surface area contributed by atoms with Crippen molar-refractivity contribution >= 4 is 0 Å². The van der Waals surface area contributed by atoms with Gasteiger partial charge in [0, 0.05) is 0 Å². The molecule has 0 aromatic rings. The molecule has 4 aliphatic carbocycles. The number of hydrogen-bond donors (Lipinski definition) is 12. The third-order valence-corrected chi connectivity index (χ3v) is 18.8. The van der Waals surface area contributed by atoms with Crippen LogP contribution in [0.25, 0.3) is 0 Å². The zero-order valence-corrected chi connectivity index (χ0v) is 40.0. The van der Waals surface area contributed by atoms with Gasteiger partial charge in [-0.3, -0.25) is 0 Å². The lowest BCUT2D eigenvalue weighted by molar-refractivity contribution is -0.378. The minimum atomic E-state index is -1.79. The van der Waals surface area contributed by atoms with Gasteiger partial charge in [0.15, 0.2) is 18.9 Å². The normalized spacial score (nSPS) is 52.4. The monoisotopic (exact) mass is 947 g/mol. The Morgan fingerprint density at radius 2 is 1.14 bits per heavy atom. The molecule has 0 bridgehead atoms. The van der Waals surface area contributed by atoms with E-state index in [1.54, 1.807) is 0 Å². The van der Waals surface area contributed by atoms with Crippen LogP contribution in [0.15, 0.2) is 11.6 Å². The van der Waals surface area contributed by atoms with Gasteiger partial charge in [0.2, 0.25) is 0 Å². The molecular weight excluding hydrogens is 865 g/mol. The molecule has 3 saturated heterocycles. The first kappa shape index (κ1) is 52.8. The lowest BCUT2D eigenvalue weighted by Crippen LogP contribution is -2.68. The Morgan fingerprint density at radius 3 is 1.71 bits per heavy atom. The molecule has 18 heteroatoms. The number of aliphatic hydroxyl groups excluding tert-OH is 12. The molecule has 0 aromatic carbocycles. The highest BCUT2D eigenvalue weighted by Gasteiger charge is 2.72. The average molecular weight is 947 g/mol. The zero-order chi connectivity index (χ0) is 48.6. The van der Waals surface area contributed by atoms with E-state index in [4.69, 9.17) is 28.4 Å². The first-order valence-corrected chi connectivity index (χ1v) is 24.4. The Kier molecular flexibility index (Phi) is 15.7. The van der Waals surface area contributed by atoms with Gasteiger partial charge in [-0.05, 0) is 124 Å². The lowest BCUT2D eigenvalue weighted by Gasteiger charge is -2.71. The third-order valence-electron chi connectivity index (χ3n) is 18.8. The van der Waals surface area contributed by atoms with Crippen molar-refractivity contribution < 1.29 is 89.7 Å². The van der Waals surface area contributed by atoms with E-state index < -0.39 is 135 Å². The molecule has 66 heavy (non-hydrogen) atoms. The van der Waals surface area contributed by atoms with Gasteiger partial charge in [-0.2, -0.15) is 0 Å². The van der Waals surface area contributed by atoms with Crippen LogP contribution in [0.2, 0.25) is 0 Å². The van der Waals surface area contributed by atoms with E-state index in [0.29, 0.717) is 25.7 Å². The highest BCUT2D eigenvalue weighted by Crippen LogP contribution is 2.76. The van der Waals surface area contributed by atoms with Gasteiger partial charge in [-0.15, -0.1) is 0 Å². The van der Waals surface area contributed by atoms with Gasteiger partial charge < -0.3 is 89.7 Å². The highest BCUT2D eigenvalue weighted by molar-refractivity contribution is 5.20. The van der Waals surface area contributed by atoms with Crippen LogP contribution in [0, 0.1) is 45.3 Å². The fourth-order valence-corrected chi connectivity index (χ4v) is 14.9. The zero-order valence-electron chi connectivity index (χ0n) is 40.0. The summed E-state index contributed by atoms with van der Waals surface area (Å²) < 4.78 is 37.2. The fraction of sp³-hybridized carbons (Fsp3) is 0.958. The minimum absolute atomic E-state index is 0.0905. The summed E-state index contributed by atoms with van der Waals surface area (Å²) in [4.78, 5) is 0. The van der Waals surface area contributed by atoms with Gasteiger partial charge in [0.25, 0.3) is 0 Å². The molecule has 18 nitrogen and oxygen atoms in total. The topological polar surface area (TPSA) is 298 Å². The molecule has 3 heterocycles. The Balaban J connectivity index is 1.13. The van der Waals surface area contributed by atoms with Crippen LogP contribution in [0.1, 0.15) is 113 Å². The van der Waals surface area contributed by atoms with Crippen LogP contribution in [0.4, 0.5) is 0 Å². The average Bonchev–Trinajstić information content (AvgIpc) is 3.65. The van der Waals surface area contributed by atoms with E-state index in [-0.39, 0.29) is 39.9 Å². The summed E-state index contributed by atoms with van der Waals surface area (Å²) in [5.74, 6) is -0.151. The first-order valence-electron chi connectivity index (χ1n) is 24.4. The van der Waals surface area contributed by atoms with E-state index >= 15 is 0 Å². The minimum Gasteiger partial charge on any atom is -0.394 e. The van der Waals surface area contributed by atoms with Crippen LogP contribution >= 0.6 is 0 Å². The van der Waals surface area contributed by atoms with Gasteiger partial charge in [-0.25, -0.2) is 0 Å². The summed E-state index contributed by atoms with van der Waals surface area (Å²) in [5, 5.41) is 129. The molecule has 0 aromatic heterocycles. The predicted octanol–water partition coefficient (Wildman–Crippen LogP) is -0.0268. The van der Waals surface area contributed by atoms with E-state index in [0.717, 1.165) is 37.7 Å². The van der Waals surface area contributed by atoms with Gasteiger partial charge in [0.05, 0.1) is 37.6 Å². The SMILES string of the molecule is CC(C)=CCC[C@](C)(O[C@@H]1O[C@H](CO)[C@@H](O)[C@H](O)[C@H]1O)[C@@H]1CC[C@]2(C)[C@@H]1[C@H](O)C[C@@H]1[C@]3(C)CC[C@H](O[C@@H]4O[C@H](CO)[C@@H](O)[C@H](O)[C@H]4O[C@@H]4O[C@H](CO)[C@@H](O)[C@H](O)[C@H]4O)C(C)(C)[C@@H]3CC[C@@]12C. The first-order chi connectivity index (χ1) is 30.8. The largest absolute Gasteiger partial charge is 0.394 e. The van der Waals surface area contributed by atoms with Crippen LogP contribution in [-0.4, -0.2) is 191 Å². The Labute approximate surface area is 388 Å². The maximum Gasteiger partial charge on any atom is 0.187 e. The number of rotatable bonds is 13. The predicted molar refractivity (Wildman–Crippen MR) is 234 cm³/mol. The van der Waals surface area contributed by atoms with Crippen molar-refractivity contribution in [2.24, 2.45) is 45.3 Å². The molecule has 382 valence electrons. The van der Waals surface area contributed by atoms with E-state index in [1.807, 2.05) is 20.8 Å². The molecule has 0 unspecified atom stereocenters. The Morgan fingerprint density at radius 1 is 0.606 bits per heavy atom. The second-order valence-corrected chi connectivity index (χ2v) is 22.9. The van der Waals surface area contributed by atoms with Gasteiger partial charge >= 0.3 is 0 Å². The summed E-state index contributed by atoms with van der Waals surface area (Å²) in [6, 6.07) is 0. The van der Waals surface area contributed by atoms with E-state index in [2.05, 4.69) is 40.7 Å². The van der Waals surface area contributed by atoms with Crippen LogP contribution in [-0.2, 0) is 28.4 Å². The molecule has 25 atom stereocenters. The number of fused-ring (bicyclic) bond motifs is 5. The van der Waals surface area contributed by atoms with E-state index in [1.165, 1.54) is 0 Å². The fourth-order valence-electron chi connectivity index (χ4n) is 14.9. The van der Waals surface area contributed by atoms with Crippen molar-refractivity contribution in [1.82, 2.24) is 0 Å². The van der Waals surface area contributed by atoms with Crippen molar-refractivity contribution in [2.75, 3.05) is 19.8 Å². The standard InChI is InChI=1S/C48H82O18/c1-22(2)10-9-14-48(8,66-42-39(60)36(57)33(54)26(20-50)62-42)23-11-16-47(7)31(23)24(52)18-29-45(5)15-13-30(44(3,4)28(45)12-17-46(29,47)6)64-43-40(37(58)34(55)27(21-51)63-43)65-41-38(59)35(56)32(53)25(19-49)61-41/h10,23-43,49-60H,9,11-21H2,1-8H3/t23-,24-,25-,26-,27-,28+,29-,30+,31+,32-,33-,34-,35+,36+,37+,38-,39-,40-,41+,42+,43+,45-,46+,47-,48+/m1/s1. The molecule has 0 amide bonds. The second-order valence-electron chi connectivity index (χ2n) is 22.9. The molecule has 12 N–H and O–H groups in total. The molecule has 7 rings (SSSR count). The third kappa shape index (κ3) is 8.79. The maximum atomic E-state index is 12.7. The molecule has 3 aliphatic heterocycles. The Bertz CT molecular complexity index is 1680. The van der Waals surface area contributed by atoms with Crippen molar-refractivity contribution in [3.63, 3.8) is 0 Å². The van der Waals surface area contributed by atoms with Crippen LogP contribution in [0.5, 0.6) is 0 Å². The van der Waals surface area contributed by atoms with Crippen molar-refractivity contribution in [1.29, 1.82) is 0 Å². The molecule has 4 saturated carbocycles. The second kappa shape index (κ2) is 19.6. The number of aliphatic hydroxyl groups is 12. The lowest BCUT2D eigenvalue weighted by atomic mass is 9.35. The molecule has 7 fully saturated rings. The highest BCUT2D eigenvalue weighted by atomic mass is 16.8. The maximum absolute atomic E-state index is 12.7. The van der Waals surface area contributed by atoms with Crippen LogP contribution in [0.3, 0.4) is 0 Å². The molecule has 7 aliphatic rings. The van der Waals surface area contributed by atoms with Gasteiger partial charge in [-0.1, -0.05) is 46.3 Å². The molecule has 0 radical (unpaired) electrons. The summed E-state index contributed by atoms with van der Waals surface area (Å²) in [6.45, 7) is 15.5. The number of allylic oxidation sites excluding steroid dienone is 2. The molecule has 0 spiro atoms. The van der Waals surface area contributed by atoms with Crippen molar-refractivity contribution in [3.8, 4) is 0 Å². The van der Waals surface area contributed by atoms with Crippen molar-refractivity contribution in [3.05, 3.63) is 11.6 Å². The van der Waals surface area contributed by atoms with Crippen molar-refractivity contribution in [2.45, 2.75) is 223 Å². The summed E-state index contributed by atoms with van der Waals surface area (Å²) in [5.41, 5.74) is -1.12. The number of ether oxygens (including phenoxy) is 6. The smallest absolute Gasteiger partial charge is 0.187 e. The molecular formula is C48H82O18. The summed E-state index contributed by atoms with van der Waals surface area (Å²) in [6.07, 6.45) is -15.4.